The highest BCUT2D eigenvalue weighted by Gasteiger charge is 2.50. The van der Waals surface area contributed by atoms with Crippen LogP contribution in [0.4, 0.5) is 52.7 Å². The second-order valence-corrected chi connectivity index (χ2v) is 19.1. The fourth-order valence-corrected chi connectivity index (χ4v) is 9.91. The van der Waals surface area contributed by atoms with Crippen molar-refractivity contribution in [3.63, 3.8) is 0 Å². The van der Waals surface area contributed by atoms with Crippen LogP contribution >= 0.6 is 0 Å². The molecular weight excluding hydrogens is 999 g/mol. The molecule has 2 saturated carbocycles. The molecule has 4 aromatic carbocycles. The van der Waals surface area contributed by atoms with Gasteiger partial charge in [0, 0.05) is 23.7 Å². The number of ether oxygens (including phenoxy) is 2. The van der Waals surface area contributed by atoms with Crippen molar-refractivity contribution < 1.29 is 67.3 Å². The SMILES string of the molecule is C[C@@H](OCC1(c2ccccc2)CCC(CO)(n2cnnc2)CC1)c1cc(C(F)(F)F)cc(C(F)(F)F)c1.[C-]#[N+]C1(n2cnnc2)CCC(CO[C@H](C)c2cc(C(F)(F)F)cc(C(F)(F)F)c2)(c2ccccc2)CC1. The summed E-state index contributed by atoms with van der Waals surface area (Å²) in [6.07, 6.45) is -11.5. The van der Waals surface area contributed by atoms with E-state index in [9.17, 15) is 57.8 Å². The summed E-state index contributed by atoms with van der Waals surface area (Å²) in [6, 6.07) is 21.9. The quantitative estimate of drug-likeness (QED) is 0.0907. The lowest BCUT2D eigenvalue weighted by Crippen LogP contribution is -2.47. The molecule has 6 aromatic rings. The van der Waals surface area contributed by atoms with E-state index < -0.39 is 81.2 Å². The topological polar surface area (TPSA) is 104 Å². The molecule has 74 heavy (non-hydrogen) atoms. The number of alkyl halides is 12. The Morgan fingerprint density at radius 1 is 0.514 bits per heavy atom. The average Bonchev–Trinajstić information content (AvgIpc) is 4.15. The minimum Gasteiger partial charge on any atom is -0.394 e. The van der Waals surface area contributed by atoms with E-state index in [0.29, 0.717) is 75.6 Å². The number of hydrogen-bond acceptors (Lipinski definition) is 7. The summed E-state index contributed by atoms with van der Waals surface area (Å²) in [5.41, 5.74) is -6.60. The summed E-state index contributed by atoms with van der Waals surface area (Å²) >= 11 is 0. The zero-order chi connectivity index (χ0) is 53.8. The van der Waals surface area contributed by atoms with Gasteiger partial charge in [0.05, 0.1) is 59.8 Å². The Morgan fingerprint density at radius 2 is 0.838 bits per heavy atom. The van der Waals surface area contributed by atoms with Gasteiger partial charge in [-0.25, -0.2) is 11.1 Å². The number of nitrogens with zero attached hydrogens (tertiary/aromatic N) is 7. The number of hydrogen-bond donors (Lipinski definition) is 1. The lowest BCUT2D eigenvalue weighted by molar-refractivity contribution is -0.145. The molecular formula is C52H51F12N7O3. The van der Waals surface area contributed by atoms with E-state index in [1.54, 1.807) is 21.8 Å². The van der Waals surface area contributed by atoms with Crippen molar-refractivity contribution in [1.82, 2.24) is 29.5 Å². The second kappa shape index (κ2) is 21.5. The van der Waals surface area contributed by atoms with Crippen LogP contribution in [0.1, 0.15) is 122 Å². The van der Waals surface area contributed by atoms with Gasteiger partial charge in [-0.3, -0.25) is 4.85 Å². The predicted molar refractivity (Wildman–Crippen MR) is 244 cm³/mol. The summed E-state index contributed by atoms with van der Waals surface area (Å²) in [4.78, 5) is 3.87. The molecule has 2 aliphatic rings. The third kappa shape index (κ3) is 12.3. The van der Waals surface area contributed by atoms with Gasteiger partial charge >= 0.3 is 30.4 Å². The molecule has 2 heterocycles. The van der Waals surface area contributed by atoms with E-state index >= 15 is 0 Å². The fourth-order valence-electron chi connectivity index (χ4n) is 9.91. The molecule has 10 nitrogen and oxygen atoms in total. The first kappa shape index (κ1) is 55.4. The van der Waals surface area contributed by atoms with Crippen LogP contribution in [0.3, 0.4) is 0 Å². The van der Waals surface area contributed by atoms with E-state index in [0.717, 1.165) is 11.1 Å². The van der Waals surface area contributed by atoms with Crippen molar-refractivity contribution in [1.29, 1.82) is 0 Å². The number of aliphatic hydroxyl groups excluding tert-OH is 1. The number of halogens is 12. The standard InChI is InChI=1S/C26H24F6N4O.C26H27F6N3O2/c1-18(19-12-21(25(27,28)29)14-22(13-19)26(30,31)32)37-15-23(20-6-4-3-5-7-20)8-10-24(33-2,11-9-23)36-16-34-35-17-36;1-18(19-11-21(25(27,28)29)13-22(12-19)26(30,31)32)37-15-23(20-5-3-2-4-6-20)7-9-24(14-36,10-8-23)35-16-33-34-17-35/h3-7,12-14,16-18H,8-11,15H2,1H3;2-6,11-13,16-18,36H,7-10,14-15H2,1H3/t2*18-,23?,24?/m11/s1. The van der Waals surface area contributed by atoms with Crippen LogP contribution in [0.5, 0.6) is 0 Å². The highest BCUT2D eigenvalue weighted by Crippen LogP contribution is 2.50. The van der Waals surface area contributed by atoms with E-state index in [-0.39, 0.29) is 43.1 Å². The molecule has 2 fully saturated rings. The van der Waals surface area contributed by atoms with Crippen molar-refractivity contribution in [2.75, 3.05) is 19.8 Å². The average molecular weight is 1050 g/mol. The lowest BCUT2D eigenvalue weighted by Gasteiger charge is -2.46. The summed E-state index contributed by atoms with van der Waals surface area (Å²) in [6.45, 7) is 10.7. The maximum absolute atomic E-state index is 13.3. The Balaban J connectivity index is 0.000000216. The van der Waals surface area contributed by atoms with E-state index in [1.807, 2.05) is 60.7 Å². The maximum atomic E-state index is 13.3. The number of aromatic nitrogens is 6. The van der Waals surface area contributed by atoms with Gasteiger partial charge in [-0.05, 0) is 111 Å². The van der Waals surface area contributed by atoms with Crippen LogP contribution in [0.2, 0.25) is 0 Å². The van der Waals surface area contributed by atoms with Gasteiger partial charge in [-0.2, -0.15) is 52.7 Å². The van der Waals surface area contributed by atoms with Crippen molar-refractivity contribution in [3.8, 4) is 0 Å². The molecule has 0 amide bonds. The maximum Gasteiger partial charge on any atom is 0.416 e. The third-order valence-corrected chi connectivity index (χ3v) is 14.7. The van der Waals surface area contributed by atoms with Crippen molar-refractivity contribution in [2.45, 2.75) is 124 Å². The zero-order valence-electron chi connectivity index (χ0n) is 39.9. The van der Waals surface area contributed by atoms with Gasteiger partial charge in [0.1, 0.15) is 25.3 Å². The molecule has 2 atom stereocenters. The molecule has 0 aliphatic heterocycles. The van der Waals surface area contributed by atoms with Crippen LogP contribution in [0.25, 0.3) is 4.85 Å². The monoisotopic (exact) mass is 1050 g/mol. The molecule has 2 aromatic heterocycles. The number of benzene rings is 4. The molecule has 0 bridgehead atoms. The number of aliphatic hydroxyl groups is 1. The van der Waals surface area contributed by atoms with Crippen LogP contribution in [0, 0.1) is 6.57 Å². The van der Waals surface area contributed by atoms with E-state index in [1.165, 1.54) is 26.5 Å². The zero-order valence-corrected chi connectivity index (χ0v) is 39.9. The van der Waals surface area contributed by atoms with Crippen molar-refractivity contribution >= 4 is 0 Å². The number of rotatable bonds is 13. The van der Waals surface area contributed by atoms with Gasteiger partial charge in [-0.1, -0.05) is 60.7 Å². The Morgan fingerprint density at radius 3 is 1.15 bits per heavy atom. The van der Waals surface area contributed by atoms with Crippen LogP contribution in [0.15, 0.2) is 122 Å². The highest BCUT2D eigenvalue weighted by molar-refractivity contribution is 5.37. The van der Waals surface area contributed by atoms with Gasteiger partial charge in [0.2, 0.25) is 0 Å². The van der Waals surface area contributed by atoms with E-state index in [2.05, 4.69) is 25.2 Å². The highest BCUT2D eigenvalue weighted by atomic mass is 19.4. The Kier molecular flexibility index (Phi) is 16.1. The van der Waals surface area contributed by atoms with Gasteiger partial charge < -0.3 is 19.1 Å². The van der Waals surface area contributed by atoms with Crippen molar-refractivity contribution in [2.24, 2.45) is 0 Å². The third-order valence-electron chi connectivity index (χ3n) is 14.7. The summed E-state index contributed by atoms with van der Waals surface area (Å²) < 4.78 is 176. The molecule has 0 unspecified atom stereocenters. The van der Waals surface area contributed by atoms with Gasteiger partial charge in [0.15, 0.2) is 0 Å². The van der Waals surface area contributed by atoms with Crippen LogP contribution in [-0.4, -0.2) is 54.5 Å². The molecule has 8 rings (SSSR count). The molecule has 2 aliphatic carbocycles. The first-order valence-electron chi connectivity index (χ1n) is 23.4. The van der Waals surface area contributed by atoms with Crippen LogP contribution in [-0.2, 0) is 56.2 Å². The molecule has 22 heteroatoms. The van der Waals surface area contributed by atoms with Gasteiger partial charge in [-0.15, -0.1) is 20.4 Å². The Hall–Kier alpha value is -6.31. The predicted octanol–water partition coefficient (Wildman–Crippen LogP) is 13.5. The summed E-state index contributed by atoms with van der Waals surface area (Å²) in [5.74, 6) is 0. The minimum absolute atomic E-state index is 0.0615. The first-order chi connectivity index (χ1) is 34.8. The minimum atomic E-state index is -4.93. The van der Waals surface area contributed by atoms with Crippen molar-refractivity contribution in [3.05, 3.63) is 178 Å². The molecule has 396 valence electrons. The largest absolute Gasteiger partial charge is 0.416 e. The Bertz CT molecular complexity index is 2730. The summed E-state index contributed by atoms with van der Waals surface area (Å²) in [7, 11) is 0. The van der Waals surface area contributed by atoms with Crippen LogP contribution < -0.4 is 0 Å². The molecule has 1 N–H and O–H groups in total. The smallest absolute Gasteiger partial charge is 0.394 e. The van der Waals surface area contributed by atoms with Gasteiger partial charge in [0.25, 0.3) is 0 Å². The van der Waals surface area contributed by atoms with E-state index in [4.69, 9.17) is 16.0 Å². The summed E-state index contributed by atoms with van der Waals surface area (Å²) in [5, 5.41) is 25.5. The normalized spacial score (nSPS) is 23.5. The lowest BCUT2D eigenvalue weighted by atomic mass is 9.64. The Labute approximate surface area is 418 Å². The molecule has 0 spiro atoms. The first-order valence-corrected chi connectivity index (χ1v) is 23.4. The molecule has 0 radical (unpaired) electrons. The molecule has 0 saturated heterocycles. The fraction of sp³-hybridized carbons (Fsp3) is 0.442. The second-order valence-electron chi connectivity index (χ2n) is 19.1.